The van der Waals surface area contributed by atoms with Gasteiger partial charge in [0.25, 0.3) is 0 Å². The van der Waals surface area contributed by atoms with Gasteiger partial charge in [-0.25, -0.2) is 0 Å². The number of rotatable bonds is 5. The van der Waals surface area contributed by atoms with Gasteiger partial charge >= 0.3 is 120 Å². The summed E-state index contributed by atoms with van der Waals surface area (Å²) < 4.78 is 0.897. The van der Waals surface area contributed by atoms with Crippen LogP contribution in [0.1, 0.15) is 32.1 Å². The minimum absolute atomic E-state index is 0.162. The maximum atomic E-state index is 10.9. The molecule has 1 aromatic carbocycles. The molecule has 1 saturated carbocycles. The Morgan fingerprint density at radius 1 is 1.26 bits per heavy atom. The van der Waals surface area contributed by atoms with E-state index in [4.69, 9.17) is 0 Å². The maximum absolute atomic E-state index is 10.9. The molecular formula is C15H19NO2Se. The summed E-state index contributed by atoms with van der Waals surface area (Å²) in [6, 6.07) is 7.10. The summed E-state index contributed by atoms with van der Waals surface area (Å²) >= 11 is 0.162. The van der Waals surface area contributed by atoms with Crippen LogP contribution in [-0.4, -0.2) is 19.9 Å². The van der Waals surface area contributed by atoms with Gasteiger partial charge < -0.3 is 0 Å². The van der Waals surface area contributed by atoms with Crippen LogP contribution in [0.3, 0.4) is 0 Å². The molecule has 102 valence electrons. The molecule has 0 radical (unpaired) electrons. The first kappa shape index (κ1) is 14.3. The van der Waals surface area contributed by atoms with E-state index >= 15 is 0 Å². The SMILES string of the molecule is O=[N+]([O-])c1ccccc1[Se]C/C=C/C1CCCCC1. The molecule has 0 heterocycles. The number of hydrogen-bond acceptors (Lipinski definition) is 2. The van der Waals surface area contributed by atoms with Crippen LogP contribution >= 0.6 is 0 Å². The zero-order chi connectivity index (χ0) is 13.5. The second-order valence-corrected chi connectivity index (χ2v) is 7.09. The molecule has 0 aliphatic heterocycles. The molecular weight excluding hydrogens is 305 g/mol. The number of allylic oxidation sites excluding steroid dienone is 2. The monoisotopic (exact) mass is 325 g/mol. The predicted octanol–water partition coefficient (Wildman–Crippen LogP) is 3.48. The number of benzene rings is 1. The fourth-order valence-corrected chi connectivity index (χ4v) is 4.23. The molecule has 0 amide bonds. The average molecular weight is 324 g/mol. The number of hydrogen-bond donors (Lipinski definition) is 0. The van der Waals surface area contributed by atoms with Gasteiger partial charge in [-0.1, -0.05) is 0 Å². The van der Waals surface area contributed by atoms with Crippen LogP contribution in [0.25, 0.3) is 0 Å². The Balaban J connectivity index is 1.85. The standard InChI is InChI=1S/C15H19NO2Se/c17-16(18)14-10-4-5-11-15(14)19-12-6-9-13-7-2-1-3-8-13/h4-6,9-11,13H,1-3,7-8,12H2/b9-6+. The fraction of sp³-hybridized carbons (Fsp3) is 0.467. The average Bonchev–Trinajstić information content (AvgIpc) is 2.45. The topological polar surface area (TPSA) is 43.1 Å². The van der Waals surface area contributed by atoms with Crippen LogP contribution in [0.5, 0.6) is 0 Å². The molecule has 0 saturated heterocycles. The molecule has 0 aromatic heterocycles. The van der Waals surface area contributed by atoms with Gasteiger partial charge in [0.2, 0.25) is 0 Å². The van der Waals surface area contributed by atoms with Gasteiger partial charge in [-0.3, -0.25) is 0 Å². The molecule has 0 bridgehead atoms. The second-order valence-electron chi connectivity index (χ2n) is 4.86. The minimum atomic E-state index is -0.276. The molecule has 0 unspecified atom stereocenters. The summed E-state index contributed by atoms with van der Waals surface area (Å²) in [5, 5.41) is 11.9. The van der Waals surface area contributed by atoms with E-state index in [0.29, 0.717) is 0 Å². The van der Waals surface area contributed by atoms with Gasteiger partial charge in [-0.2, -0.15) is 0 Å². The molecule has 19 heavy (non-hydrogen) atoms. The number of nitro benzene ring substituents is 1. The van der Waals surface area contributed by atoms with Crippen LogP contribution in [0.2, 0.25) is 5.32 Å². The zero-order valence-corrected chi connectivity index (χ0v) is 12.7. The van der Waals surface area contributed by atoms with Crippen molar-refractivity contribution in [2.24, 2.45) is 5.92 Å². The van der Waals surface area contributed by atoms with Crippen molar-refractivity contribution in [3.63, 3.8) is 0 Å². The Bertz CT molecular complexity index is 453. The van der Waals surface area contributed by atoms with E-state index in [-0.39, 0.29) is 25.6 Å². The van der Waals surface area contributed by atoms with Crippen molar-refractivity contribution in [1.82, 2.24) is 0 Å². The molecule has 1 aliphatic rings. The van der Waals surface area contributed by atoms with Gasteiger partial charge in [-0.15, -0.1) is 0 Å². The first-order valence-corrected chi connectivity index (χ1v) is 8.87. The van der Waals surface area contributed by atoms with Crippen molar-refractivity contribution in [3.8, 4) is 0 Å². The predicted molar refractivity (Wildman–Crippen MR) is 79.0 cm³/mol. The van der Waals surface area contributed by atoms with Crippen molar-refractivity contribution in [2.45, 2.75) is 37.4 Å². The summed E-state index contributed by atoms with van der Waals surface area (Å²) in [7, 11) is 0. The molecule has 2 rings (SSSR count). The quantitative estimate of drug-likeness (QED) is 0.360. The fourth-order valence-electron chi connectivity index (χ4n) is 2.44. The molecule has 3 nitrogen and oxygen atoms in total. The van der Waals surface area contributed by atoms with Crippen LogP contribution in [0, 0.1) is 16.0 Å². The van der Waals surface area contributed by atoms with Crippen molar-refractivity contribution in [2.75, 3.05) is 0 Å². The Morgan fingerprint density at radius 2 is 2.00 bits per heavy atom. The summed E-state index contributed by atoms with van der Waals surface area (Å²) in [6.45, 7) is 0. The van der Waals surface area contributed by atoms with Crippen molar-refractivity contribution >= 4 is 25.1 Å². The van der Waals surface area contributed by atoms with E-state index < -0.39 is 0 Å². The molecule has 1 fully saturated rings. The summed E-state index contributed by atoms with van der Waals surface area (Å²) in [4.78, 5) is 10.6. The Labute approximate surface area is 120 Å². The van der Waals surface area contributed by atoms with E-state index in [0.717, 1.165) is 15.7 Å². The molecule has 1 aliphatic carbocycles. The van der Waals surface area contributed by atoms with Gasteiger partial charge in [-0.05, 0) is 0 Å². The Kier molecular flexibility index (Phi) is 5.61. The molecule has 0 spiro atoms. The van der Waals surface area contributed by atoms with Crippen molar-refractivity contribution in [1.29, 1.82) is 0 Å². The second kappa shape index (κ2) is 7.46. The van der Waals surface area contributed by atoms with E-state index in [1.54, 1.807) is 12.1 Å². The van der Waals surface area contributed by atoms with Gasteiger partial charge in [0.05, 0.1) is 0 Å². The zero-order valence-electron chi connectivity index (χ0n) is 11.0. The first-order chi connectivity index (χ1) is 9.27. The summed E-state index contributed by atoms with van der Waals surface area (Å²) in [6.07, 6.45) is 11.3. The third-order valence-corrected chi connectivity index (χ3v) is 5.59. The van der Waals surface area contributed by atoms with E-state index in [1.807, 2.05) is 12.1 Å². The number of nitro groups is 1. The first-order valence-electron chi connectivity index (χ1n) is 6.80. The van der Waals surface area contributed by atoms with Gasteiger partial charge in [0.15, 0.2) is 0 Å². The molecule has 0 N–H and O–H groups in total. The van der Waals surface area contributed by atoms with E-state index in [2.05, 4.69) is 12.2 Å². The molecule has 0 atom stereocenters. The Morgan fingerprint density at radius 3 is 2.74 bits per heavy atom. The van der Waals surface area contributed by atoms with Crippen LogP contribution in [-0.2, 0) is 0 Å². The van der Waals surface area contributed by atoms with E-state index in [9.17, 15) is 10.1 Å². The number of nitrogens with zero attached hydrogens (tertiary/aromatic N) is 1. The van der Waals surface area contributed by atoms with Crippen molar-refractivity contribution < 1.29 is 4.92 Å². The molecule has 1 aromatic rings. The van der Waals surface area contributed by atoms with Crippen LogP contribution < -0.4 is 4.46 Å². The number of para-hydroxylation sites is 1. The third kappa shape index (κ3) is 4.48. The van der Waals surface area contributed by atoms with Gasteiger partial charge in [0, 0.05) is 0 Å². The van der Waals surface area contributed by atoms with Crippen molar-refractivity contribution in [3.05, 3.63) is 46.5 Å². The van der Waals surface area contributed by atoms with Crippen LogP contribution in [0.4, 0.5) is 5.69 Å². The van der Waals surface area contributed by atoms with Gasteiger partial charge in [0.1, 0.15) is 0 Å². The summed E-state index contributed by atoms with van der Waals surface area (Å²) in [5.41, 5.74) is 0.272. The van der Waals surface area contributed by atoms with E-state index in [1.165, 1.54) is 32.1 Å². The van der Waals surface area contributed by atoms with Crippen LogP contribution in [0.15, 0.2) is 36.4 Å². The molecule has 4 heteroatoms. The Hall–Kier alpha value is -1.12. The normalized spacial score (nSPS) is 16.8. The third-order valence-electron chi connectivity index (χ3n) is 3.46. The summed E-state index contributed by atoms with van der Waals surface area (Å²) in [5.74, 6) is 0.746.